The molecule has 0 radical (unpaired) electrons. The number of aromatic nitrogens is 1. The van der Waals surface area contributed by atoms with Crippen LogP contribution >= 0.6 is 0 Å². The summed E-state index contributed by atoms with van der Waals surface area (Å²) in [7, 11) is 0. The number of nitrogens with zero attached hydrogens (tertiary/aromatic N) is 1. The maximum absolute atomic E-state index is 13.6. The number of ether oxygens (including phenoxy) is 1. The Labute approximate surface area is 128 Å². The third-order valence-electron chi connectivity index (χ3n) is 5.18. The number of carbonyl (C=O) groups is 1. The van der Waals surface area contributed by atoms with Crippen LogP contribution in [0.15, 0.2) is 30.5 Å². The largest absolute Gasteiger partial charge is 0.466 e. The lowest BCUT2D eigenvalue weighted by Gasteiger charge is -2.16. The number of pyridine rings is 1. The van der Waals surface area contributed by atoms with E-state index in [9.17, 15) is 9.18 Å². The highest BCUT2D eigenvalue weighted by Gasteiger charge is 2.60. The summed E-state index contributed by atoms with van der Waals surface area (Å²) < 4.78 is 18.7. The van der Waals surface area contributed by atoms with Gasteiger partial charge in [0.05, 0.1) is 18.0 Å². The Morgan fingerprint density at radius 1 is 1.32 bits per heavy atom. The summed E-state index contributed by atoms with van der Waals surface area (Å²) in [6, 6.07) is 6.74. The molecule has 4 atom stereocenters. The van der Waals surface area contributed by atoms with Gasteiger partial charge in [0, 0.05) is 11.6 Å². The molecule has 1 aromatic carbocycles. The van der Waals surface area contributed by atoms with Crippen molar-refractivity contribution in [2.24, 2.45) is 17.8 Å². The lowest BCUT2D eigenvalue weighted by atomic mass is 9.90. The first kappa shape index (κ1) is 13.7. The molecule has 22 heavy (non-hydrogen) atoms. The molecule has 2 fully saturated rings. The van der Waals surface area contributed by atoms with Crippen LogP contribution in [0, 0.1) is 23.6 Å². The molecule has 4 rings (SSSR count). The fraction of sp³-hybridized carbons (Fsp3) is 0.444. The van der Waals surface area contributed by atoms with Crippen molar-refractivity contribution >= 4 is 16.9 Å². The second-order valence-corrected chi connectivity index (χ2v) is 6.34. The molecular formula is C18H18FNO2. The minimum Gasteiger partial charge on any atom is -0.466 e. The summed E-state index contributed by atoms with van der Waals surface area (Å²) in [6.45, 7) is 2.29. The first-order valence-electron chi connectivity index (χ1n) is 7.90. The van der Waals surface area contributed by atoms with Crippen molar-refractivity contribution in [1.29, 1.82) is 0 Å². The van der Waals surface area contributed by atoms with E-state index in [0.717, 1.165) is 23.7 Å². The van der Waals surface area contributed by atoms with Gasteiger partial charge in [-0.25, -0.2) is 4.39 Å². The number of esters is 1. The molecule has 2 saturated carbocycles. The Bertz CT molecular complexity index is 733. The molecule has 0 saturated heterocycles. The van der Waals surface area contributed by atoms with E-state index in [0.29, 0.717) is 24.4 Å². The average Bonchev–Trinajstić information content (AvgIpc) is 3.02. The van der Waals surface area contributed by atoms with Crippen LogP contribution in [0.1, 0.15) is 31.2 Å². The maximum atomic E-state index is 13.6. The van der Waals surface area contributed by atoms with E-state index < -0.39 is 0 Å². The van der Waals surface area contributed by atoms with Crippen molar-refractivity contribution in [1.82, 2.24) is 4.98 Å². The van der Waals surface area contributed by atoms with Crippen LogP contribution in [-0.2, 0) is 9.53 Å². The van der Waals surface area contributed by atoms with Crippen LogP contribution in [0.3, 0.4) is 0 Å². The monoisotopic (exact) mass is 299 g/mol. The molecule has 2 aliphatic carbocycles. The molecule has 4 heteroatoms. The van der Waals surface area contributed by atoms with Gasteiger partial charge in [-0.3, -0.25) is 9.78 Å². The summed E-state index contributed by atoms with van der Waals surface area (Å²) in [5, 5.41) is 0.904. The Hall–Kier alpha value is -1.97. The SMILES string of the molecule is CCOC(=O)[C@H]1[C@@H]2CC(c3ccnc4ccc(F)cc34)C[C@@H]21. The van der Waals surface area contributed by atoms with Crippen molar-refractivity contribution in [2.75, 3.05) is 6.61 Å². The zero-order valence-corrected chi connectivity index (χ0v) is 12.5. The number of carbonyl (C=O) groups excluding carboxylic acids is 1. The van der Waals surface area contributed by atoms with Gasteiger partial charge in [-0.1, -0.05) is 0 Å². The first-order valence-corrected chi connectivity index (χ1v) is 7.90. The molecular weight excluding hydrogens is 281 g/mol. The van der Waals surface area contributed by atoms with E-state index in [4.69, 9.17) is 4.74 Å². The standard InChI is InChI=1S/C18H18FNO2/c1-2-22-18(21)17-14-7-10(8-15(14)17)12-5-6-20-16-4-3-11(19)9-13(12)16/h3-6,9-10,14-15,17H,2,7-8H2,1H3/t10?,14-,15+,17+. The predicted molar refractivity (Wildman–Crippen MR) is 80.8 cm³/mol. The van der Waals surface area contributed by atoms with E-state index in [-0.39, 0.29) is 17.7 Å². The van der Waals surface area contributed by atoms with Gasteiger partial charge in [-0.05, 0) is 67.3 Å². The molecule has 2 aromatic rings. The predicted octanol–water partition coefficient (Wildman–Crippen LogP) is 3.68. The second kappa shape index (κ2) is 5.04. The summed E-state index contributed by atoms with van der Waals surface area (Å²) >= 11 is 0. The molecule has 1 aromatic heterocycles. The molecule has 0 aliphatic heterocycles. The van der Waals surface area contributed by atoms with Crippen LogP contribution in [0.2, 0.25) is 0 Å². The van der Waals surface area contributed by atoms with Crippen molar-refractivity contribution in [3.8, 4) is 0 Å². The third-order valence-corrected chi connectivity index (χ3v) is 5.18. The number of rotatable bonds is 3. The molecule has 1 heterocycles. The summed E-state index contributed by atoms with van der Waals surface area (Å²) in [4.78, 5) is 16.1. The van der Waals surface area contributed by atoms with E-state index >= 15 is 0 Å². The highest BCUT2D eigenvalue weighted by molar-refractivity contribution is 5.83. The van der Waals surface area contributed by atoms with Crippen LogP contribution in [0.5, 0.6) is 0 Å². The summed E-state index contributed by atoms with van der Waals surface area (Å²) in [5.74, 6) is 1.12. The zero-order valence-electron chi connectivity index (χ0n) is 12.5. The third kappa shape index (κ3) is 2.09. The summed E-state index contributed by atoms with van der Waals surface area (Å²) in [5.41, 5.74) is 2.00. The Balaban J connectivity index is 1.57. The number of hydrogen-bond donors (Lipinski definition) is 0. The number of benzene rings is 1. The molecule has 0 N–H and O–H groups in total. The van der Waals surface area contributed by atoms with Gasteiger partial charge in [0.25, 0.3) is 0 Å². The Morgan fingerprint density at radius 2 is 2.09 bits per heavy atom. The van der Waals surface area contributed by atoms with Gasteiger partial charge in [0.15, 0.2) is 0 Å². The lowest BCUT2D eigenvalue weighted by molar-refractivity contribution is -0.145. The molecule has 0 spiro atoms. The average molecular weight is 299 g/mol. The van der Waals surface area contributed by atoms with E-state index in [1.807, 2.05) is 13.0 Å². The van der Waals surface area contributed by atoms with Crippen LogP contribution in [0.25, 0.3) is 10.9 Å². The normalized spacial score (nSPS) is 29.4. The molecule has 0 bridgehead atoms. The molecule has 2 aliphatic rings. The van der Waals surface area contributed by atoms with E-state index in [2.05, 4.69) is 4.98 Å². The summed E-state index contributed by atoms with van der Waals surface area (Å²) in [6.07, 6.45) is 3.77. The molecule has 114 valence electrons. The number of hydrogen-bond acceptors (Lipinski definition) is 3. The second-order valence-electron chi connectivity index (χ2n) is 6.34. The van der Waals surface area contributed by atoms with Gasteiger partial charge in [0.2, 0.25) is 0 Å². The van der Waals surface area contributed by atoms with E-state index in [1.165, 1.54) is 11.6 Å². The maximum Gasteiger partial charge on any atom is 0.309 e. The topological polar surface area (TPSA) is 39.2 Å². The fourth-order valence-corrected chi connectivity index (χ4v) is 4.18. The highest BCUT2D eigenvalue weighted by Crippen LogP contribution is 2.62. The van der Waals surface area contributed by atoms with Crippen LogP contribution in [-0.4, -0.2) is 17.6 Å². The molecule has 3 nitrogen and oxygen atoms in total. The molecule has 1 unspecified atom stereocenters. The minimum atomic E-state index is -0.227. The van der Waals surface area contributed by atoms with Crippen molar-refractivity contribution in [3.05, 3.63) is 41.8 Å². The number of fused-ring (bicyclic) bond motifs is 2. The minimum absolute atomic E-state index is 0.0402. The Kier molecular flexibility index (Phi) is 3.13. The number of halogens is 1. The van der Waals surface area contributed by atoms with Crippen LogP contribution < -0.4 is 0 Å². The van der Waals surface area contributed by atoms with Gasteiger partial charge in [-0.2, -0.15) is 0 Å². The van der Waals surface area contributed by atoms with Gasteiger partial charge < -0.3 is 4.74 Å². The smallest absolute Gasteiger partial charge is 0.309 e. The van der Waals surface area contributed by atoms with Gasteiger partial charge in [-0.15, -0.1) is 0 Å². The van der Waals surface area contributed by atoms with Crippen molar-refractivity contribution in [3.63, 3.8) is 0 Å². The van der Waals surface area contributed by atoms with Gasteiger partial charge >= 0.3 is 5.97 Å². The fourth-order valence-electron chi connectivity index (χ4n) is 4.18. The zero-order chi connectivity index (χ0) is 15.3. The van der Waals surface area contributed by atoms with E-state index in [1.54, 1.807) is 18.3 Å². The van der Waals surface area contributed by atoms with Gasteiger partial charge in [0.1, 0.15) is 5.82 Å². The molecule has 0 amide bonds. The van der Waals surface area contributed by atoms with Crippen LogP contribution in [0.4, 0.5) is 4.39 Å². The first-order chi connectivity index (χ1) is 10.7. The lowest BCUT2D eigenvalue weighted by Crippen LogP contribution is -2.12. The van der Waals surface area contributed by atoms with Crippen molar-refractivity contribution < 1.29 is 13.9 Å². The highest BCUT2D eigenvalue weighted by atomic mass is 19.1. The van der Waals surface area contributed by atoms with Crippen molar-refractivity contribution in [2.45, 2.75) is 25.7 Å². The quantitative estimate of drug-likeness (QED) is 0.812. The Morgan fingerprint density at radius 3 is 2.82 bits per heavy atom.